The molecule has 0 radical (unpaired) electrons. The molecule has 1 saturated heterocycles. The molecule has 4 nitrogen and oxygen atoms in total. The maximum Gasteiger partial charge on any atom is 0.252 e. The van der Waals surface area contributed by atoms with Crippen LogP contribution in [0.1, 0.15) is 20.8 Å². The zero-order valence-corrected chi connectivity index (χ0v) is 13.7. The van der Waals surface area contributed by atoms with Gasteiger partial charge in [0.2, 0.25) is 5.91 Å². The van der Waals surface area contributed by atoms with Crippen molar-refractivity contribution in [2.75, 3.05) is 4.90 Å². The Morgan fingerprint density at radius 2 is 2.00 bits per heavy atom. The highest BCUT2D eigenvalue weighted by molar-refractivity contribution is 14.1. The first-order chi connectivity index (χ1) is 8.74. The van der Waals surface area contributed by atoms with Crippen LogP contribution in [0.3, 0.4) is 0 Å². The van der Waals surface area contributed by atoms with Crippen LogP contribution in [0.4, 0.5) is 5.69 Å². The van der Waals surface area contributed by atoms with E-state index in [1.807, 2.05) is 6.07 Å². The number of amides is 2. The number of hydrogen-bond acceptors (Lipinski definition) is 2. The molecule has 1 aliphatic heterocycles. The van der Waals surface area contributed by atoms with Gasteiger partial charge in [-0.2, -0.15) is 0 Å². The number of rotatable bonds is 1. The van der Waals surface area contributed by atoms with Gasteiger partial charge in [0.15, 0.2) is 0 Å². The van der Waals surface area contributed by atoms with Gasteiger partial charge in [-0.15, -0.1) is 0 Å². The van der Waals surface area contributed by atoms with Gasteiger partial charge in [0.05, 0.1) is 10.7 Å². The summed E-state index contributed by atoms with van der Waals surface area (Å²) in [4.78, 5) is 25.9. The number of piperazine rings is 1. The van der Waals surface area contributed by atoms with Crippen LogP contribution < -0.4 is 10.2 Å². The highest BCUT2D eigenvalue weighted by Crippen LogP contribution is 2.32. The molecule has 0 bridgehead atoms. The third-order valence-electron chi connectivity index (χ3n) is 3.13. The lowest BCUT2D eigenvalue weighted by atomic mass is 9.96. The minimum atomic E-state index is -0.921. The molecule has 1 unspecified atom stereocenters. The van der Waals surface area contributed by atoms with Gasteiger partial charge in [-0.25, -0.2) is 0 Å². The zero-order chi connectivity index (χ0) is 14.4. The topological polar surface area (TPSA) is 49.4 Å². The van der Waals surface area contributed by atoms with Crippen LogP contribution in [0.25, 0.3) is 0 Å². The van der Waals surface area contributed by atoms with Crippen molar-refractivity contribution in [3.63, 3.8) is 0 Å². The molecule has 1 aromatic rings. The summed E-state index contributed by atoms with van der Waals surface area (Å²) in [6.07, 6.45) is 0. The molecule has 19 heavy (non-hydrogen) atoms. The fourth-order valence-electron chi connectivity index (χ4n) is 2.05. The summed E-state index contributed by atoms with van der Waals surface area (Å²) in [5.74, 6) is -0.345. The number of anilines is 1. The summed E-state index contributed by atoms with van der Waals surface area (Å²) in [6, 6.07) is 4.84. The highest BCUT2D eigenvalue weighted by Gasteiger charge is 2.44. The van der Waals surface area contributed by atoms with E-state index in [9.17, 15) is 9.59 Å². The Labute approximate surface area is 130 Å². The van der Waals surface area contributed by atoms with Crippen LogP contribution >= 0.6 is 34.2 Å². The normalized spacial score (nSPS) is 22.4. The van der Waals surface area contributed by atoms with E-state index in [2.05, 4.69) is 27.9 Å². The number of carbonyl (C=O) groups excluding carboxylic acids is 2. The second kappa shape index (κ2) is 4.94. The van der Waals surface area contributed by atoms with E-state index < -0.39 is 11.6 Å². The van der Waals surface area contributed by atoms with Crippen molar-refractivity contribution >= 4 is 51.7 Å². The van der Waals surface area contributed by atoms with Gasteiger partial charge in [0, 0.05) is 3.57 Å². The molecule has 6 heteroatoms. The fourth-order valence-corrected chi connectivity index (χ4v) is 3.00. The standard InChI is InChI=1S/C13H14ClIN2O2/c1-7-11(18)16-13(2,3)12(19)17(7)10-5-4-8(15)6-9(10)14/h4-7H,1-3H3,(H,16,18). The average Bonchev–Trinajstić information content (AvgIpc) is 2.29. The zero-order valence-electron chi connectivity index (χ0n) is 10.8. The predicted octanol–water partition coefficient (Wildman–Crippen LogP) is 2.57. The molecule has 0 spiro atoms. The number of nitrogens with one attached hydrogen (secondary N) is 1. The largest absolute Gasteiger partial charge is 0.340 e. The van der Waals surface area contributed by atoms with E-state index in [1.165, 1.54) is 4.90 Å². The first kappa shape index (κ1) is 14.6. The van der Waals surface area contributed by atoms with Crippen molar-refractivity contribution in [1.82, 2.24) is 5.32 Å². The summed E-state index contributed by atoms with van der Waals surface area (Å²) >= 11 is 8.35. The lowest BCUT2D eigenvalue weighted by Crippen LogP contribution is -2.67. The lowest BCUT2D eigenvalue weighted by molar-refractivity contribution is -0.136. The number of benzene rings is 1. The van der Waals surface area contributed by atoms with E-state index in [0.29, 0.717) is 10.7 Å². The molecule has 2 rings (SSSR count). The van der Waals surface area contributed by atoms with Gasteiger partial charge in [-0.1, -0.05) is 11.6 Å². The van der Waals surface area contributed by atoms with Crippen molar-refractivity contribution in [2.45, 2.75) is 32.4 Å². The van der Waals surface area contributed by atoms with E-state index in [4.69, 9.17) is 11.6 Å². The Morgan fingerprint density at radius 1 is 1.37 bits per heavy atom. The summed E-state index contributed by atoms with van der Waals surface area (Å²) in [5, 5.41) is 3.18. The third-order valence-corrected chi connectivity index (χ3v) is 4.10. The van der Waals surface area contributed by atoms with Crippen LogP contribution in [0.5, 0.6) is 0 Å². The molecular weight excluding hydrogens is 379 g/mol. The van der Waals surface area contributed by atoms with E-state index in [1.54, 1.807) is 32.9 Å². The van der Waals surface area contributed by atoms with Crippen LogP contribution in [0, 0.1) is 3.57 Å². The molecule has 1 N–H and O–H groups in total. The molecule has 1 heterocycles. The Kier molecular flexibility index (Phi) is 3.79. The molecule has 2 amide bonds. The first-order valence-corrected chi connectivity index (χ1v) is 7.30. The van der Waals surface area contributed by atoms with Crippen molar-refractivity contribution in [3.05, 3.63) is 26.8 Å². The molecule has 1 aliphatic rings. The molecule has 1 fully saturated rings. The van der Waals surface area contributed by atoms with Crippen LogP contribution in [-0.2, 0) is 9.59 Å². The number of carbonyl (C=O) groups is 2. The highest BCUT2D eigenvalue weighted by atomic mass is 127. The molecule has 102 valence electrons. The van der Waals surface area contributed by atoms with Gasteiger partial charge in [-0.3, -0.25) is 14.5 Å². The summed E-state index contributed by atoms with van der Waals surface area (Å²) in [7, 11) is 0. The van der Waals surface area contributed by atoms with Crippen LogP contribution in [0.2, 0.25) is 5.02 Å². The minimum absolute atomic E-state index is 0.164. The molecule has 0 saturated carbocycles. The summed E-state index contributed by atoms with van der Waals surface area (Å²) in [6.45, 7) is 5.07. The van der Waals surface area contributed by atoms with E-state index in [-0.39, 0.29) is 11.8 Å². The van der Waals surface area contributed by atoms with Crippen molar-refractivity contribution < 1.29 is 9.59 Å². The summed E-state index contributed by atoms with van der Waals surface area (Å²) < 4.78 is 0.979. The molecule has 0 aromatic heterocycles. The monoisotopic (exact) mass is 392 g/mol. The SMILES string of the molecule is CC1C(=O)NC(C)(C)C(=O)N1c1ccc(I)cc1Cl. The van der Waals surface area contributed by atoms with Crippen molar-refractivity contribution in [3.8, 4) is 0 Å². The number of hydrogen-bond donors (Lipinski definition) is 1. The van der Waals surface area contributed by atoms with Gasteiger partial charge in [0.25, 0.3) is 5.91 Å². The Morgan fingerprint density at radius 3 is 2.58 bits per heavy atom. The molecule has 1 atom stereocenters. The van der Waals surface area contributed by atoms with Gasteiger partial charge < -0.3 is 5.32 Å². The smallest absolute Gasteiger partial charge is 0.252 e. The Bertz CT molecular complexity index is 560. The van der Waals surface area contributed by atoms with Crippen molar-refractivity contribution in [2.24, 2.45) is 0 Å². The second-order valence-corrected chi connectivity index (χ2v) is 6.71. The first-order valence-electron chi connectivity index (χ1n) is 5.85. The molecular formula is C13H14ClIN2O2. The van der Waals surface area contributed by atoms with Crippen molar-refractivity contribution in [1.29, 1.82) is 0 Å². The average molecular weight is 393 g/mol. The number of nitrogens with zero attached hydrogens (tertiary/aromatic N) is 1. The van der Waals surface area contributed by atoms with Gasteiger partial charge >= 0.3 is 0 Å². The van der Waals surface area contributed by atoms with Gasteiger partial charge in [-0.05, 0) is 61.6 Å². The maximum absolute atomic E-state index is 12.5. The fraction of sp³-hybridized carbons (Fsp3) is 0.385. The lowest BCUT2D eigenvalue weighted by Gasteiger charge is -2.41. The maximum atomic E-state index is 12.5. The molecule has 1 aromatic carbocycles. The second-order valence-electron chi connectivity index (χ2n) is 5.06. The van der Waals surface area contributed by atoms with E-state index in [0.717, 1.165) is 3.57 Å². The Hall–Kier alpha value is -0.820. The minimum Gasteiger partial charge on any atom is -0.340 e. The summed E-state index contributed by atoms with van der Waals surface area (Å²) in [5.41, 5.74) is -0.349. The number of halogens is 2. The van der Waals surface area contributed by atoms with Gasteiger partial charge in [0.1, 0.15) is 11.6 Å². The molecule has 0 aliphatic carbocycles. The van der Waals surface area contributed by atoms with Crippen LogP contribution in [-0.4, -0.2) is 23.4 Å². The van der Waals surface area contributed by atoms with E-state index >= 15 is 0 Å². The quantitative estimate of drug-likeness (QED) is 0.747. The predicted molar refractivity (Wildman–Crippen MR) is 83.3 cm³/mol. The van der Waals surface area contributed by atoms with Crippen LogP contribution in [0.15, 0.2) is 18.2 Å². The Balaban J connectivity index is 2.51. The third kappa shape index (κ3) is 2.58.